The van der Waals surface area contributed by atoms with Crippen molar-refractivity contribution in [2.45, 2.75) is 4.90 Å². The standard InChI is InChI=1S/C19H24N4O2S/c24-26(18-6-7-19(20-16-18)22-12-14-25-15-13-22)23-10-8-21(9-11-23)17-4-2-1-3-5-17/h1-7,16H,8-15H2. The summed E-state index contributed by atoms with van der Waals surface area (Å²) in [7, 11) is 0. The first-order valence-corrected chi connectivity index (χ1v) is 10.2. The highest BCUT2D eigenvalue weighted by Crippen LogP contribution is 2.22. The number of pyridine rings is 1. The highest BCUT2D eigenvalue weighted by molar-refractivity contribution is 7.89. The van der Waals surface area contributed by atoms with Gasteiger partial charge in [0.25, 0.3) is 0 Å². The molecule has 0 saturated carbocycles. The van der Waals surface area contributed by atoms with Crippen molar-refractivity contribution >= 4 is 22.9 Å². The summed E-state index contributed by atoms with van der Waals surface area (Å²) in [4.78, 5) is 9.84. The Kier molecular flexibility index (Phi) is 5.59. The lowest BCUT2D eigenvalue weighted by Gasteiger charge is -2.35. The molecule has 138 valence electrons. The lowest BCUT2D eigenvalue weighted by molar-refractivity contribution is 0.122. The van der Waals surface area contributed by atoms with E-state index < -0.39 is 11.4 Å². The first kappa shape index (κ1) is 17.6. The van der Waals surface area contributed by atoms with Gasteiger partial charge in [0.2, 0.25) is 0 Å². The van der Waals surface area contributed by atoms with Gasteiger partial charge in [-0.1, -0.05) is 18.2 Å². The molecule has 2 saturated heterocycles. The zero-order valence-electron chi connectivity index (χ0n) is 14.8. The number of nitrogens with zero attached hydrogens (tertiary/aromatic N) is 4. The number of benzene rings is 1. The van der Waals surface area contributed by atoms with Crippen molar-refractivity contribution in [2.75, 3.05) is 62.3 Å². The topological polar surface area (TPSA) is 54.9 Å². The van der Waals surface area contributed by atoms with Crippen LogP contribution in [0.15, 0.2) is 53.6 Å². The minimum Gasteiger partial charge on any atom is -0.593 e. The number of aromatic nitrogens is 1. The summed E-state index contributed by atoms with van der Waals surface area (Å²) < 4.78 is 20.3. The molecule has 1 unspecified atom stereocenters. The van der Waals surface area contributed by atoms with Crippen molar-refractivity contribution < 1.29 is 9.29 Å². The summed E-state index contributed by atoms with van der Waals surface area (Å²) >= 11 is -1.15. The number of hydrogen-bond acceptors (Lipinski definition) is 6. The molecule has 2 aromatic rings. The van der Waals surface area contributed by atoms with Gasteiger partial charge in [-0.2, -0.15) is 0 Å². The van der Waals surface area contributed by atoms with Crippen LogP contribution < -0.4 is 9.80 Å². The van der Waals surface area contributed by atoms with Crippen molar-refractivity contribution in [1.82, 2.24) is 9.29 Å². The van der Waals surface area contributed by atoms with Gasteiger partial charge in [-0.3, -0.25) is 0 Å². The van der Waals surface area contributed by atoms with Gasteiger partial charge >= 0.3 is 0 Å². The van der Waals surface area contributed by atoms with Crippen LogP contribution in [0.4, 0.5) is 11.5 Å². The van der Waals surface area contributed by atoms with Gasteiger partial charge in [0.05, 0.1) is 43.9 Å². The second kappa shape index (κ2) is 8.26. The molecular formula is C19H24N4O2S. The summed E-state index contributed by atoms with van der Waals surface area (Å²) in [6.45, 7) is 6.53. The van der Waals surface area contributed by atoms with Gasteiger partial charge in [0.1, 0.15) is 5.82 Å². The zero-order chi connectivity index (χ0) is 17.8. The van der Waals surface area contributed by atoms with Gasteiger partial charge < -0.3 is 19.1 Å². The molecule has 3 heterocycles. The average molecular weight is 372 g/mol. The largest absolute Gasteiger partial charge is 0.593 e. The van der Waals surface area contributed by atoms with E-state index in [1.54, 1.807) is 6.20 Å². The molecule has 2 aliphatic rings. The number of morpholine rings is 1. The molecule has 0 bridgehead atoms. The van der Waals surface area contributed by atoms with Crippen LogP contribution in [0.1, 0.15) is 0 Å². The highest BCUT2D eigenvalue weighted by atomic mass is 32.2. The van der Waals surface area contributed by atoms with E-state index in [1.807, 2.05) is 22.5 Å². The Morgan fingerprint density at radius 1 is 0.846 bits per heavy atom. The smallest absolute Gasteiger partial charge is 0.192 e. The van der Waals surface area contributed by atoms with E-state index in [1.165, 1.54) is 5.69 Å². The summed E-state index contributed by atoms with van der Waals surface area (Å²) in [6, 6.07) is 14.3. The van der Waals surface area contributed by atoms with Crippen LogP contribution in [-0.4, -0.2) is 66.3 Å². The van der Waals surface area contributed by atoms with Crippen LogP contribution in [0.3, 0.4) is 0 Å². The fraction of sp³-hybridized carbons (Fsp3) is 0.421. The molecule has 2 fully saturated rings. The van der Waals surface area contributed by atoms with Crippen molar-refractivity contribution in [2.24, 2.45) is 0 Å². The van der Waals surface area contributed by atoms with E-state index in [2.05, 4.69) is 39.0 Å². The molecule has 0 amide bonds. The Bertz CT molecular complexity index is 686. The number of para-hydroxylation sites is 1. The predicted octanol–water partition coefficient (Wildman–Crippen LogP) is 1.76. The maximum atomic E-state index is 12.9. The third-order valence-corrected chi connectivity index (χ3v) is 6.33. The SMILES string of the molecule is [O-][S+](c1ccc(N2CCOCC2)nc1)N1CCN(c2ccccc2)CC1. The first-order valence-electron chi connectivity index (χ1n) is 9.07. The van der Waals surface area contributed by atoms with Crippen LogP contribution in [0.5, 0.6) is 0 Å². The van der Waals surface area contributed by atoms with Gasteiger partial charge in [-0.25, -0.2) is 4.98 Å². The molecule has 0 N–H and O–H groups in total. The van der Waals surface area contributed by atoms with Gasteiger partial charge in [0.15, 0.2) is 4.90 Å². The lowest BCUT2D eigenvalue weighted by atomic mass is 10.2. The van der Waals surface area contributed by atoms with Crippen molar-refractivity contribution in [1.29, 1.82) is 0 Å². The molecule has 26 heavy (non-hydrogen) atoms. The molecule has 0 aliphatic carbocycles. The quantitative estimate of drug-likeness (QED) is 0.763. The molecule has 6 nitrogen and oxygen atoms in total. The number of piperazine rings is 1. The Morgan fingerprint density at radius 2 is 1.58 bits per heavy atom. The van der Waals surface area contributed by atoms with Crippen molar-refractivity contribution in [3.8, 4) is 0 Å². The fourth-order valence-electron chi connectivity index (χ4n) is 3.36. The van der Waals surface area contributed by atoms with E-state index in [-0.39, 0.29) is 0 Å². The van der Waals surface area contributed by atoms with Gasteiger partial charge in [-0.05, 0) is 18.2 Å². The fourth-order valence-corrected chi connectivity index (χ4v) is 4.48. The van der Waals surface area contributed by atoms with E-state index in [0.29, 0.717) is 0 Å². The molecule has 1 aromatic heterocycles. The summed E-state index contributed by atoms with van der Waals surface area (Å²) in [5.41, 5.74) is 1.23. The van der Waals surface area contributed by atoms with Gasteiger partial charge in [-0.15, -0.1) is 4.31 Å². The third-order valence-electron chi connectivity index (χ3n) is 4.85. The second-order valence-corrected chi connectivity index (χ2v) is 7.94. The Labute approximate surface area is 157 Å². The minimum absolute atomic E-state index is 0.737. The summed E-state index contributed by atoms with van der Waals surface area (Å²) in [5, 5.41) is 0. The number of anilines is 2. The predicted molar refractivity (Wildman–Crippen MR) is 104 cm³/mol. The van der Waals surface area contributed by atoms with E-state index in [4.69, 9.17) is 4.74 Å². The molecular weight excluding hydrogens is 348 g/mol. The van der Waals surface area contributed by atoms with Crippen LogP contribution in [0.2, 0.25) is 0 Å². The number of rotatable bonds is 4. The monoisotopic (exact) mass is 372 g/mol. The van der Waals surface area contributed by atoms with Crippen molar-refractivity contribution in [3.63, 3.8) is 0 Å². The van der Waals surface area contributed by atoms with Crippen molar-refractivity contribution in [3.05, 3.63) is 48.7 Å². The molecule has 4 rings (SSSR count). The first-order chi connectivity index (χ1) is 12.8. The number of ether oxygens (including phenoxy) is 1. The van der Waals surface area contributed by atoms with E-state index in [0.717, 1.165) is 63.2 Å². The van der Waals surface area contributed by atoms with Crippen LogP contribution in [0.25, 0.3) is 0 Å². The molecule has 1 aromatic carbocycles. The zero-order valence-corrected chi connectivity index (χ0v) is 15.6. The Hall–Kier alpha value is -1.80. The lowest BCUT2D eigenvalue weighted by Crippen LogP contribution is -2.48. The third kappa shape index (κ3) is 3.96. The van der Waals surface area contributed by atoms with Crippen LogP contribution in [-0.2, 0) is 16.1 Å². The molecule has 0 radical (unpaired) electrons. The molecule has 1 atom stereocenters. The van der Waals surface area contributed by atoms with E-state index in [9.17, 15) is 4.55 Å². The van der Waals surface area contributed by atoms with Gasteiger partial charge in [0, 0.05) is 37.9 Å². The molecule has 7 heteroatoms. The number of hydrogen-bond donors (Lipinski definition) is 0. The maximum absolute atomic E-state index is 12.9. The van der Waals surface area contributed by atoms with Crippen LogP contribution in [0, 0.1) is 0 Å². The normalized spacial score (nSPS) is 20.2. The Balaban J connectivity index is 1.35. The minimum atomic E-state index is -1.15. The Morgan fingerprint density at radius 3 is 2.23 bits per heavy atom. The van der Waals surface area contributed by atoms with Crippen LogP contribution >= 0.6 is 0 Å². The molecule has 2 aliphatic heterocycles. The maximum Gasteiger partial charge on any atom is 0.192 e. The average Bonchev–Trinajstić information content (AvgIpc) is 2.75. The summed E-state index contributed by atoms with van der Waals surface area (Å²) in [6.07, 6.45) is 1.75. The highest BCUT2D eigenvalue weighted by Gasteiger charge is 2.28. The summed E-state index contributed by atoms with van der Waals surface area (Å²) in [5.74, 6) is 0.933. The van der Waals surface area contributed by atoms with E-state index >= 15 is 0 Å². The molecule has 0 spiro atoms. The second-order valence-electron chi connectivity index (χ2n) is 6.45.